The average molecular weight is 235 g/mol. The van der Waals surface area contributed by atoms with Gasteiger partial charge in [0, 0.05) is 12.6 Å². The molecule has 2 aliphatic rings. The van der Waals surface area contributed by atoms with Gasteiger partial charge in [0.25, 0.3) is 0 Å². The zero-order valence-corrected chi connectivity index (χ0v) is 9.37. The molecule has 0 radical (unpaired) electrons. The standard InChI is InChI=1S/C12H14FN3O/c13-9-2-1-3-10-12(9)15-11(17)7-16(10)8-4-5-14-6-8/h1-3,8,14H,4-7H2,(H,15,17). The van der Waals surface area contributed by atoms with Gasteiger partial charge < -0.3 is 15.5 Å². The Balaban J connectivity index is 2.01. The highest BCUT2D eigenvalue weighted by Gasteiger charge is 2.30. The Bertz CT molecular complexity index is 457. The maximum Gasteiger partial charge on any atom is 0.244 e. The Morgan fingerprint density at radius 3 is 3.06 bits per heavy atom. The molecule has 1 saturated heterocycles. The molecular weight excluding hydrogens is 221 g/mol. The van der Waals surface area contributed by atoms with Crippen LogP contribution in [0, 0.1) is 5.82 Å². The molecule has 5 heteroatoms. The van der Waals surface area contributed by atoms with Crippen molar-refractivity contribution in [2.45, 2.75) is 12.5 Å². The monoisotopic (exact) mass is 235 g/mol. The first-order chi connectivity index (χ1) is 8.25. The number of benzene rings is 1. The van der Waals surface area contributed by atoms with E-state index in [1.54, 1.807) is 6.07 Å². The van der Waals surface area contributed by atoms with Crippen LogP contribution in [0.3, 0.4) is 0 Å². The summed E-state index contributed by atoms with van der Waals surface area (Å²) in [7, 11) is 0. The molecular formula is C12H14FN3O. The van der Waals surface area contributed by atoms with Gasteiger partial charge in [0.05, 0.1) is 12.2 Å². The summed E-state index contributed by atoms with van der Waals surface area (Å²) in [6, 6.07) is 5.19. The van der Waals surface area contributed by atoms with Crippen LogP contribution in [0.15, 0.2) is 18.2 Å². The van der Waals surface area contributed by atoms with Crippen molar-refractivity contribution >= 4 is 17.3 Å². The highest BCUT2D eigenvalue weighted by Crippen LogP contribution is 2.33. The smallest absolute Gasteiger partial charge is 0.244 e. The lowest BCUT2D eigenvalue weighted by molar-refractivity contribution is -0.115. The van der Waals surface area contributed by atoms with Crippen molar-refractivity contribution in [2.24, 2.45) is 0 Å². The average Bonchev–Trinajstić information content (AvgIpc) is 2.83. The predicted octanol–water partition coefficient (Wildman–Crippen LogP) is 0.946. The molecule has 3 rings (SSSR count). The van der Waals surface area contributed by atoms with Gasteiger partial charge in [0.15, 0.2) is 0 Å². The van der Waals surface area contributed by atoms with Gasteiger partial charge in [-0.25, -0.2) is 4.39 Å². The summed E-state index contributed by atoms with van der Waals surface area (Å²) in [6.07, 6.45) is 0.989. The molecule has 2 N–H and O–H groups in total. The SMILES string of the molecule is O=C1CN(C2CCNC2)c2cccc(F)c2N1. The second-order valence-corrected chi connectivity index (χ2v) is 4.46. The molecule has 0 bridgehead atoms. The highest BCUT2D eigenvalue weighted by molar-refractivity contribution is 6.01. The number of hydrogen-bond donors (Lipinski definition) is 2. The molecule has 90 valence electrons. The molecule has 1 unspecified atom stereocenters. The van der Waals surface area contributed by atoms with Crippen LogP contribution in [0.1, 0.15) is 6.42 Å². The molecule has 1 aromatic rings. The Hall–Kier alpha value is -1.62. The molecule has 1 atom stereocenters. The van der Waals surface area contributed by atoms with Gasteiger partial charge in [-0.3, -0.25) is 4.79 Å². The number of amides is 1. The first kappa shape index (κ1) is 10.5. The van der Waals surface area contributed by atoms with Gasteiger partial charge >= 0.3 is 0 Å². The number of nitrogens with one attached hydrogen (secondary N) is 2. The van der Waals surface area contributed by atoms with Crippen molar-refractivity contribution in [3.05, 3.63) is 24.0 Å². The van der Waals surface area contributed by atoms with E-state index in [-0.39, 0.29) is 17.8 Å². The molecule has 1 aromatic carbocycles. The zero-order valence-electron chi connectivity index (χ0n) is 9.37. The van der Waals surface area contributed by atoms with E-state index in [9.17, 15) is 9.18 Å². The lowest BCUT2D eigenvalue weighted by atomic mass is 10.1. The van der Waals surface area contributed by atoms with Gasteiger partial charge in [0.2, 0.25) is 5.91 Å². The van der Waals surface area contributed by atoms with E-state index >= 15 is 0 Å². The van der Waals surface area contributed by atoms with Crippen molar-refractivity contribution in [3.63, 3.8) is 0 Å². The van der Waals surface area contributed by atoms with Crippen LogP contribution in [-0.2, 0) is 4.79 Å². The largest absolute Gasteiger partial charge is 0.356 e. The number of nitrogens with zero attached hydrogens (tertiary/aromatic N) is 1. The van der Waals surface area contributed by atoms with Crippen LogP contribution in [0.2, 0.25) is 0 Å². The first-order valence-corrected chi connectivity index (χ1v) is 5.81. The molecule has 0 saturated carbocycles. The normalized spacial score (nSPS) is 23.5. The van der Waals surface area contributed by atoms with Crippen LogP contribution >= 0.6 is 0 Å². The quantitative estimate of drug-likeness (QED) is 0.761. The lowest BCUT2D eigenvalue weighted by Gasteiger charge is -2.35. The Morgan fingerprint density at radius 2 is 2.29 bits per heavy atom. The summed E-state index contributed by atoms with van der Waals surface area (Å²) >= 11 is 0. The van der Waals surface area contributed by atoms with Crippen LogP contribution < -0.4 is 15.5 Å². The number of hydrogen-bond acceptors (Lipinski definition) is 3. The number of para-hydroxylation sites is 1. The number of halogens is 1. The van der Waals surface area contributed by atoms with Crippen LogP contribution in [-0.4, -0.2) is 31.6 Å². The van der Waals surface area contributed by atoms with Crippen molar-refractivity contribution in [1.29, 1.82) is 0 Å². The van der Waals surface area contributed by atoms with Crippen molar-refractivity contribution in [1.82, 2.24) is 5.32 Å². The second kappa shape index (κ2) is 4.00. The molecule has 1 amide bonds. The summed E-state index contributed by atoms with van der Waals surface area (Å²) in [4.78, 5) is 13.6. The van der Waals surface area contributed by atoms with Crippen LogP contribution in [0.5, 0.6) is 0 Å². The van der Waals surface area contributed by atoms with Crippen LogP contribution in [0.25, 0.3) is 0 Å². The molecule has 17 heavy (non-hydrogen) atoms. The third-order valence-corrected chi connectivity index (χ3v) is 3.35. The van der Waals surface area contributed by atoms with E-state index < -0.39 is 0 Å². The fourth-order valence-corrected chi connectivity index (χ4v) is 2.53. The van der Waals surface area contributed by atoms with Gasteiger partial charge in [-0.2, -0.15) is 0 Å². The first-order valence-electron chi connectivity index (χ1n) is 5.81. The van der Waals surface area contributed by atoms with Crippen molar-refractivity contribution in [2.75, 3.05) is 29.9 Å². The van der Waals surface area contributed by atoms with Gasteiger partial charge in [-0.1, -0.05) is 6.07 Å². The highest BCUT2D eigenvalue weighted by atomic mass is 19.1. The molecule has 0 spiro atoms. The number of carbonyl (C=O) groups excluding carboxylic acids is 1. The van der Waals surface area contributed by atoms with E-state index in [2.05, 4.69) is 10.6 Å². The summed E-state index contributed by atoms with van der Waals surface area (Å²) in [5.41, 5.74) is 1.11. The molecule has 2 heterocycles. The Labute approximate surface area is 98.8 Å². The summed E-state index contributed by atoms with van der Waals surface area (Å²) < 4.78 is 13.6. The van der Waals surface area contributed by atoms with Gasteiger partial charge in [0.1, 0.15) is 11.5 Å². The number of carbonyl (C=O) groups is 1. The minimum atomic E-state index is -0.369. The molecule has 1 fully saturated rings. The molecule has 0 aliphatic carbocycles. The topological polar surface area (TPSA) is 44.4 Å². The third-order valence-electron chi connectivity index (χ3n) is 3.35. The van der Waals surface area contributed by atoms with E-state index in [0.29, 0.717) is 12.2 Å². The fraction of sp³-hybridized carbons (Fsp3) is 0.417. The van der Waals surface area contributed by atoms with E-state index in [1.165, 1.54) is 6.07 Å². The maximum absolute atomic E-state index is 13.6. The van der Waals surface area contributed by atoms with Gasteiger partial charge in [-0.15, -0.1) is 0 Å². The molecule has 4 nitrogen and oxygen atoms in total. The van der Waals surface area contributed by atoms with Crippen molar-refractivity contribution < 1.29 is 9.18 Å². The Morgan fingerprint density at radius 1 is 1.41 bits per heavy atom. The van der Waals surface area contributed by atoms with E-state index in [1.807, 2.05) is 11.0 Å². The number of anilines is 2. The van der Waals surface area contributed by atoms with Crippen LogP contribution in [0.4, 0.5) is 15.8 Å². The summed E-state index contributed by atoms with van der Waals surface area (Å²) in [5, 5.41) is 5.87. The number of fused-ring (bicyclic) bond motifs is 1. The minimum absolute atomic E-state index is 0.144. The molecule has 2 aliphatic heterocycles. The van der Waals surface area contributed by atoms with Gasteiger partial charge in [-0.05, 0) is 25.1 Å². The van der Waals surface area contributed by atoms with E-state index in [0.717, 1.165) is 25.2 Å². The van der Waals surface area contributed by atoms with Crippen molar-refractivity contribution in [3.8, 4) is 0 Å². The lowest BCUT2D eigenvalue weighted by Crippen LogP contribution is -2.45. The Kier molecular flexibility index (Phi) is 2.48. The summed E-state index contributed by atoms with van der Waals surface area (Å²) in [6.45, 7) is 2.11. The second-order valence-electron chi connectivity index (χ2n) is 4.46. The maximum atomic E-state index is 13.6. The predicted molar refractivity (Wildman–Crippen MR) is 63.7 cm³/mol. The van der Waals surface area contributed by atoms with E-state index in [4.69, 9.17) is 0 Å². The third kappa shape index (κ3) is 1.76. The fourth-order valence-electron chi connectivity index (χ4n) is 2.53. The summed E-state index contributed by atoms with van der Waals surface area (Å²) in [5.74, 6) is -0.513. The molecule has 0 aromatic heterocycles. The minimum Gasteiger partial charge on any atom is -0.356 e. The zero-order chi connectivity index (χ0) is 11.8. The number of rotatable bonds is 1.